The van der Waals surface area contributed by atoms with Gasteiger partial charge >= 0.3 is 0 Å². The predicted molar refractivity (Wildman–Crippen MR) is 75.2 cm³/mol. The molecule has 2 saturated carbocycles. The molecule has 1 heteroatoms. The molecule has 2 fully saturated rings. The molecule has 0 saturated heterocycles. The molecule has 2 unspecified atom stereocenters. The fourth-order valence-corrected chi connectivity index (χ4v) is 3.80. The van der Waals surface area contributed by atoms with Gasteiger partial charge in [0.2, 0.25) is 0 Å². The maximum absolute atomic E-state index is 3.79. The van der Waals surface area contributed by atoms with Crippen molar-refractivity contribution < 1.29 is 0 Å². The molecule has 0 radical (unpaired) electrons. The minimum atomic E-state index is 0.564. The van der Waals surface area contributed by atoms with Crippen LogP contribution in [-0.4, -0.2) is 12.6 Å². The van der Waals surface area contributed by atoms with Gasteiger partial charge in [0.25, 0.3) is 0 Å². The van der Waals surface area contributed by atoms with E-state index in [4.69, 9.17) is 0 Å². The van der Waals surface area contributed by atoms with E-state index in [0.717, 1.165) is 24.4 Å². The van der Waals surface area contributed by atoms with Gasteiger partial charge in [-0.2, -0.15) is 0 Å². The molecule has 0 aliphatic heterocycles. The topological polar surface area (TPSA) is 12.0 Å². The van der Waals surface area contributed by atoms with Crippen molar-refractivity contribution in [1.29, 1.82) is 0 Å². The van der Waals surface area contributed by atoms with Gasteiger partial charge in [-0.3, -0.25) is 0 Å². The van der Waals surface area contributed by atoms with Crippen molar-refractivity contribution in [3.8, 4) is 0 Å². The molecule has 2 rings (SSSR count). The zero-order chi connectivity index (χ0) is 12.3. The second-order valence-corrected chi connectivity index (χ2v) is 7.03. The zero-order valence-electron chi connectivity index (χ0n) is 12.1. The van der Waals surface area contributed by atoms with Gasteiger partial charge in [0.1, 0.15) is 0 Å². The highest BCUT2D eigenvalue weighted by atomic mass is 14.9. The Labute approximate surface area is 108 Å². The van der Waals surface area contributed by atoms with Gasteiger partial charge < -0.3 is 5.32 Å². The van der Waals surface area contributed by atoms with E-state index < -0.39 is 0 Å². The van der Waals surface area contributed by atoms with Crippen LogP contribution in [-0.2, 0) is 0 Å². The van der Waals surface area contributed by atoms with Crippen molar-refractivity contribution in [3.05, 3.63) is 0 Å². The summed E-state index contributed by atoms with van der Waals surface area (Å²) in [7, 11) is 0. The Bertz CT molecular complexity index is 230. The number of hydrogen-bond acceptors (Lipinski definition) is 1. The van der Waals surface area contributed by atoms with Crippen LogP contribution in [0, 0.1) is 17.3 Å². The quantitative estimate of drug-likeness (QED) is 0.723. The van der Waals surface area contributed by atoms with E-state index in [1.54, 1.807) is 0 Å². The summed E-state index contributed by atoms with van der Waals surface area (Å²) in [5.74, 6) is 2.00. The third-order valence-corrected chi connectivity index (χ3v) is 5.12. The van der Waals surface area contributed by atoms with Gasteiger partial charge in [0.15, 0.2) is 0 Å². The lowest BCUT2D eigenvalue weighted by Gasteiger charge is -2.43. The Morgan fingerprint density at radius 3 is 2.53 bits per heavy atom. The largest absolute Gasteiger partial charge is 0.314 e. The molecule has 2 aliphatic carbocycles. The van der Waals surface area contributed by atoms with Crippen LogP contribution >= 0.6 is 0 Å². The van der Waals surface area contributed by atoms with Crippen molar-refractivity contribution in [2.24, 2.45) is 17.3 Å². The second kappa shape index (κ2) is 5.73. The van der Waals surface area contributed by atoms with Crippen LogP contribution in [0.15, 0.2) is 0 Å². The van der Waals surface area contributed by atoms with Crippen LogP contribution in [0.25, 0.3) is 0 Å². The van der Waals surface area contributed by atoms with Crippen LogP contribution in [0.1, 0.15) is 72.1 Å². The van der Waals surface area contributed by atoms with Crippen LogP contribution in [0.4, 0.5) is 0 Å². The molecule has 0 bridgehead atoms. The fourth-order valence-electron chi connectivity index (χ4n) is 3.80. The predicted octanol–water partition coefficient (Wildman–Crippen LogP) is 4.37. The zero-order valence-corrected chi connectivity index (χ0v) is 12.1. The van der Waals surface area contributed by atoms with Gasteiger partial charge in [-0.05, 0) is 49.5 Å². The first-order chi connectivity index (χ1) is 8.13. The fraction of sp³-hybridized carbons (Fsp3) is 1.00. The Hall–Kier alpha value is -0.0400. The van der Waals surface area contributed by atoms with Crippen molar-refractivity contribution in [1.82, 2.24) is 5.32 Å². The van der Waals surface area contributed by atoms with Crippen molar-refractivity contribution in [2.75, 3.05) is 6.54 Å². The summed E-state index contributed by atoms with van der Waals surface area (Å²) in [6, 6.07) is 0.788. The first-order valence-electron chi connectivity index (χ1n) is 7.87. The third-order valence-electron chi connectivity index (χ3n) is 5.12. The van der Waals surface area contributed by atoms with E-state index >= 15 is 0 Å². The molecule has 0 heterocycles. The molecule has 2 atom stereocenters. The summed E-state index contributed by atoms with van der Waals surface area (Å²) < 4.78 is 0. The van der Waals surface area contributed by atoms with Gasteiger partial charge in [0, 0.05) is 6.04 Å². The number of hydrogen-bond donors (Lipinski definition) is 1. The van der Waals surface area contributed by atoms with E-state index in [9.17, 15) is 0 Å². The van der Waals surface area contributed by atoms with Gasteiger partial charge in [-0.25, -0.2) is 0 Å². The Morgan fingerprint density at radius 2 is 1.94 bits per heavy atom. The van der Waals surface area contributed by atoms with Gasteiger partial charge in [-0.15, -0.1) is 0 Å². The van der Waals surface area contributed by atoms with Crippen molar-refractivity contribution in [2.45, 2.75) is 78.2 Å². The standard InChI is InChI=1S/C16H31N/c1-4-17-15(11-10-13-8-9-13)14-7-5-6-12-16(14,2)3/h13-15,17H,4-12H2,1-3H3. The van der Waals surface area contributed by atoms with E-state index in [2.05, 4.69) is 26.1 Å². The Kier molecular flexibility index (Phi) is 4.52. The summed E-state index contributed by atoms with van der Waals surface area (Å²) >= 11 is 0. The summed E-state index contributed by atoms with van der Waals surface area (Å²) in [5, 5.41) is 3.79. The average molecular weight is 237 g/mol. The Morgan fingerprint density at radius 1 is 1.18 bits per heavy atom. The molecule has 0 aromatic heterocycles. The molecule has 0 amide bonds. The third kappa shape index (κ3) is 3.71. The van der Waals surface area contributed by atoms with Crippen molar-refractivity contribution in [3.63, 3.8) is 0 Å². The average Bonchev–Trinajstić information content (AvgIpc) is 3.08. The summed E-state index contributed by atoms with van der Waals surface area (Å²) in [5.41, 5.74) is 0.564. The molecular weight excluding hydrogens is 206 g/mol. The molecule has 0 aromatic rings. The summed E-state index contributed by atoms with van der Waals surface area (Å²) in [6.07, 6.45) is 11.7. The number of nitrogens with one attached hydrogen (secondary N) is 1. The lowest BCUT2D eigenvalue weighted by molar-refractivity contribution is 0.0938. The summed E-state index contributed by atoms with van der Waals surface area (Å²) in [6.45, 7) is 8.40. The molecule has 1 nitrogen and oxygen atoms in total. The molecule has 2 aliphatic rings. The molecule has 0 aromatic carbocycles. The first kappa shape index (κ1) is 13.4. The van der Waals surface area contributed by atoms with E-state index in [1.165, 1.54) is 51.4 Å². The Balaban J connectivity index is 1.91. The highest BCUT2D eigenvalue weighted by Gasteiger charge is 2.37. The lowest BCUT2D eigenvalue weighted by Crippen LogP contribution is -2.44. The maximum Gasteiger partial charge on any atom is 0.0100 e. The van der Waals surface area contributed by atoms with Crippen LogP contribution in [0.5, 0.6) is 0 Å². The van der Waals surface area contributed by atoms with E-state index in [-0.39, 0.29) is 0 Å². The number of rotatable bonds is 6. The molecular formula is C16H31N. The monoisotopic (exact) mass is 237 g/mol. The van der Waals surface area contributed by atoms with Gasteiger partial charge in [0.05, 0.1) is 0 Å². The highest BCUT2D eigenvalue weighted by molar-refractivity contribution is 4.91. The van der Waals surface area contributed by atoms with E-state index in [0.29, 0.717) is 5.41 Å². The van der Waals surface area contributed by atoms with Crippen molar-refractivity contribution >= 4 is 0 Å². The lowest BCUT2D eigenvalue weighted by atomic mass is 9.65. The molecule has 17 heavy (non-hydrogen) atoms. The maximum atomic E-state index is 3.79. The molecule has 1 N–H and O–H groups in total. The second-order valence-electron chi connectivity index (χ2n) is 7.03. The minimum absolute atomic E-state index is 0.564. The molecule has 0 spiro atoms. The normalized spacial score (nSPS) is 30.2. The SMILES string of the molecule is CCNC(CCC1CC1)C1CCCCC1(C)C. The van der Waals surface area contributed by atoms with E-state index in [1.807, 2.05) is 0 Å². The highest BCUT2D eigenvalue weighted by Crippen LogP contribution is 2.44. The van der Waals surface area contributed by atoms with Crippen LogP contribution < -0.4 is 5.32 Å². The minimum Gasteiger partial charge on any atom is -0.314 e. The summed E-state index contributed by atoms with van der Waals surface area (Å²) in [4.78, 5) is 0. The van der Waals surface area contributed by atoms with Gasteiger partial charge in [-0.1, -0.05) is 46.5 Å². The molecule has 100 valence electrons. The van der Waals surface area contributed by atoms with Crippen LogP contribution in [0.2, 0.25) is 0 Å². The van der Waals surface area contributed by atoms with Crippen LogP contribution in [0.3, 0.4) is 0 Å². The first-order valence-corrected chi connectivity index (χ1v) is 7.87. The smallest absolute Gasteiger partial charge is 0.0100 e.